The summed E-state index contributed by atoms with van der Waals surface area (Å²) in [6.07, 6.45) is 2.86. The molecule has 4 rings (SSSR count). The van der Waals surface area contributed by atoms with Crippen LogP contribution < -0.4 is 5.32 Å². The van der Waals surface area contributed by atoms with E-state index >= 15 is 0 Å². The number of rotatable bonds is 4. The molecule has 2 aromatic carbocycles. The summed E-state index contributed by atoms with van der Waals surface area (Å²) in [4.78, 5) is 12.4. The molecule has 24 heavy (non-hydrogen) atoms. The Labute approximate surface area is 141 Å². The van der Waals surface area contributed by atoms with Crippen LogP contribution in [0.4, 0.5) is 5.69 Å². The van der Waals surface area contributed by atoms with Crippen molar-refractivity contribution < 1.29 is 4.79 Å². The van der Waals surface area contributed by atoms with Crippen molar-refractivity contribution in [3.8, 4) is 5.69 Å². The lowest BCUT2D eigenvalue weighted by atomic mass is 10.1. The van der Waals surface area contributed by atoms with Gasteiger partial charge < -0.3 is 5.32 Å². The Morgan fingerprint density at radius 1 is 1.08 bits per heavy atom. The van der Waals surface area contributed by atoms with Crippen LogP contribution >= 0.6 is 0 Å². The number of carbonyl (C=O) groups is 1. The molecule has 1 saturated carbocycles. The van der Waals surface area contributed by atoms with Crippen LogP contribution in [-0.2, 0) is 4.79 Å². The van der Waals surface area contributed by atoms with E-state index in [1.807, 2.05) is 66.3 Å². The molecule has 0 aliphatic heterocycles. The number of hydrogen-bond donors (Lipinski definition) is 1. The molecule has 4 heteroatoms. The van der Waals surface area contributed by atoms with Crippen LogP contribution in [0.2, 0.25) is 0 Å². The molecule has 0 bridgehead atoms. The van der Waals surface area contributed by atoms with Gasteiger partial charge in [0.1, 0.15) is 0 Å². The van der Waals surface area contributed by atoms with Gasteiger partial charge >= 0.3 is 0 Å². The third-order valence-electron chi connectivity index (χ3n) is 4.48. The van der Waals surface area contributed by atoms with Crippen molar-refractivity contribution in [2.24, 2.45) is 5.92 Å². The van der Waals surface area contributed by atoms with Crippen LogP contribution in [0.15, 0.2) is 66.9 Å². The summed E-state index contributed by atoms with van der Waals surface area (Å²) in [5.41, 5.74) is 4.04. The van der Waals surface area contributed by atoms with Gasteiger partial charge in [0.05, 0.1) is 11.4 Å². The quantitative estimate of drug-likeness (QED) is 0.792. The lowest BCUT2D eigenvalue weighted by molar-refractivity contribution is -0.117. The van der Waals surface area contributed by atoms with E-state index in [-0.39, 0.29) is 11.8 Å². The zero-order chi connectivity index (χ0) is 16.5. The van der Waals surface area contributed by atoms with Gasteiger partial charge in [-0.15, -0.1) is 0 Å². The number of aryl methyl sites for hydroxylation is 1. The molecular weight excluding hydrogens is 298 g/mol. The van der Waals surface area contributed by atoms with Crippen LogP contribution in [-0.4, -0.2) is 15.7 Å². The first kappa shape index (κ1) is 14.7. The number of anilines is 1. The molecule has 1 heterocycles. The summed E-state index contributed by atoms with van der Waals surface area (Å²) in [6, 6.07) is 20.0. The summed E-state index contributed by atoms with van der Waals surface area (Å²) in [7, 11) is 0. The van der Waals surface area contributed by atoms with Crippen molar-refractivity contribution >= 4 is 11.6 Å². The van der Waals surface area contributed by atoms with E-state index in [9.17, 15) is 4.79 Å². The Morgan fingerprint density at radius 3 is 2.50 bits per heavy atom. The largest absolute Gasteiger partial charge is 0.326 e. The molecule has 3 aromatic rings. The van der Waals surface area contributed by atoms with E-state index in [0.717, 1.165) is 23.5 Å². The van der Waals surface area contributed by atoms with Crippen molar-refractivity contribution in [3.63, 3.8) is 0 Å². The second-order valence-corrected chi connectivity index (χ2v) is 6.30. The van der Waals surface area contributed by atoms with Crippen molar-refractivity contribution in [1.82, 2.24) is 9.78 Å². The number of aromatic nitrogens is 2. The third kappa shape index (κ3) is 2.95. The van der Waals surface area contributed by atoms with Crippen molar-refractivity contribution in [3.05, 3.63) is 78.1 Å². The van der Waals surface area contributed by atoms with Gasteiger partial charge in [0.15, 0.2) is 0 Å². The number of carbonyl (C=O) groups excluding carboxylic acids is 1. The predicted molar refractivity (Wildman–Crippen MR) is 94.2 cm³/mol. The minimum atomic E-state index is 0.0841. The number of nitrogens with one attached hydrogen (secondary N) is 1. The standard InChI is InChI=1S/C20H19N3O/c1-14-11-12-23(22-14)17-9-7-16(8-10-17)21-20(24)19-13-18(19)15-5-3-2-4-6-15/h2-12,18-19H,13H2,1H3,(H,21,24)/t18-,19-/m1/s1. The average molecular weight is 317 g/mol. The van der Waals surface area contributed by atoms with Gasteiger partial charge in [-0.1, -0.05) is 30.3 Å². The van der Waals surface area contributed by atoms with Crippen LogP contribution in [0.1, 0.15) is 23.6 Å². The fraction of sp³-hybridized carbons (Fsp3) is 0.200. The minimum absolute atomic E-state index is 0.0841. The summed E-state index contributed by atoms with van der Waals surface area (Å²) >= 11 is 0. The van der Waals surface area contributed by atoms with E-state index in [1.54, 1.807) is 0 Å². The van der Waals surface area contributed by atoms with Crippen LogP contribution in [0, 0.1) is 12.8 Å². The summed E-state index contributed by atoms with van der Waals surface area (Å²) < 4.78 is 1.83. The lowest BCUT2D eigenvalue weighted by Gasteiger charge is -2.07. The molecule has 1 aromatic heterocycles. The van der Waals surface area contributed by atoms with Gasteiger partial charge in [-0.25, -0.2) is 4.68 Å². The van der Waals surface area contributed by atoms with Crippen molar-refractivity contribution in [2.45, 2.75) is 19.3 Å². The first-order valence-corrected chi connectivity index (χ1v) is 8.19. The monoisotopic (exact) mass is 317 g/mol. The molecule has 0 saturated heterocycles. The maximum absolute atomic E-state index is 12.4. The Bertz CT molecular complexity index is 852. The van der Waals surface area contributed by atoms with E-state index in [4.69, 9.17) is 0 Å². The lowest BCUT2D eigenvalue weighted by Crippen LogP contribution is -2.14. The van der Waals surface area contributed by atoms with Crippen molar-refractivity contribution in [1.29, 1.82) is 0 Å². The molecule has 4 nitrogen and oxygen atoms in total. The van der Waals surface area contributed by atoms with Gasteiger partial charge in [-0.3, -0.25) is 4.79 Å². The highest BCUT2D eigenvalue weighted by molar-refractivity contribution is 5.95. The SMILES string of the molecule is Cc1ccn(-c2ccc(NC(=O)[C@@H]3C[C@@H]3c3ccccc3)cc2)n1. The number of benzene rings is 2. The van der Waals surface area contributed by atoms with E-state index < -0.39 is 0 Å². The molecule has 1 N–H and O–H groups in total. The van der Waals surface area contributed by atoms with Gasteiger partial charge in [-0.2, -0.15) is 5.10 Å². The van der Waals surface area contributed by atoms with E-state index in [2.05, 4.69) is 22.5 Å². The van der Waals surface area contributed by atoms with Gasteiger partial charge in [0.25, 0.3) is 0 Å². The van der Waals surface area contributed by atoms with Crippen LogP contribution in [0.5, 0.6) is 0 Å². The highest BCUT2D eigenvalue weighted by Gasteiger charge is 2.43. The van der Waals surface area contributed by atoms with Gasteiger partial charge in [0.2, 0.25) is 5.91 Å². The molecular formula is C20H19N3O. The molecule has 120 valence electrons. The molecule has 2 atom stereocenters. The van der Waals surface area contributed by atoms with Crippen LogP contribution in [0.3, 0.4) is 0 Å². The predicted octanol–water partition coefficient (Wildman–Crippen LogP) is 3.92. The maximum Gasteiger partial charge on any atom is 0.228 e. The Kier molecular flexibility index (Phi) is 3.65. The Hall–Kier alpha value is -2.88. The fourth-order valence-electron chi connectivity index (χ4n) is 3.04. The van der Waals surface area contributed by atoms with Crippen molar-refractivity contribution in [2.75, 3.05) is 5.32 Å². The smallest absolute Gasteiger partial charge is 0.228 e. The van der Waals surface area contributed by atoms with Gasteiger partial charge in [0, 0.05) is 17.8 Å². The maximum atomic E-state index is 12.4. The first-order chi connectivity index (χ1) is 11.7. The van der Waals surface area contributed by atoms with E-state index in [1.165, 1.54) is 5.56 Å². The topological polar surface area (TPSA) is 46.9 Å². The zero-order valence-electron chi connectivity index (χ0n) is 13.5. The highest BCUT2D eigenvalue weighted by atomic mass is 16.2. The molecule has 1 aliphatic rings. The second-order valence-electron chi connectivity index (χ2n) is 6.30. The average Bonchev–Trinajstić information content (AvgIpc) is 3.31. The molecule has 1 amide bonds. The normalized spacial score (nSPS) is 19.0. The second kappa shape index (κ2) is 5.96. The number of amides is 1. The molecule has 0 spiro atoms. The first-order valence-electron chi connectivity index (χ1n) is 8.19. The molecule has 0 radical (unpaired) electrons. The summed E-state index contributed by atoms with van der Waals surface area (Å²) in [5.74, 6) is 0.546. The Balaban J connectivity index is 1.40. The summed E-state index contributed by atoms with van der Waals surface area (Å²) in [5, 5.41) is 7.40. The molecule has 1 aliphatic carbocycles. The fourth-order valence-corrected chi connectivity index (χ4v) is 3.04. The minimum Gasteiger partial charge on any atom is -0.326 e. The van der Waals surface area contributed by atoms with Gasteiger partial charge in [-0.05, 0) is 55.2 Å². The van der Waals surface area contributed by atoms with Crippen LogP contribution in [0.25, 0.3) is 5.69 Å². The molecule has 0 unspecified atom stereocenters. The zero-order valence-corrected chi connectivity index (χ0v) is 13.5. The summed E-state index contributed by atoms with van der Waals surface area (Å²) in [6.45, 7) is 1.96. The number of nitrogens with zero attached hydrogens (tertiary/aromatic N) is 2. The Morgan fingerprint density at radius 2 is 1.83 bits per heavy atom. The van der Waals surface area contributed by atoms with E-state index in [0.29, 0.717) is 5.92 Å². The number of hydrogen-bond acceptors (Lipinski definition) is 2. The third-order valence-corrected chi connectivity index (χ3v) is 4.48. The highest BCUT2D eigenvalue weighted by Crippen LogP contribution is 2.47. The molecule has 1 fully saturated rings.